The van der Waals surface area contributed by atoms with Crippen LogP contribution in [0.3, 0.4) is 0 Å². The third-order valence-corrected chi connectivity index (χ3v) is 5.22. The average Bonchev–Trinajstić information content (AvgIpc) is 2.90. The molecule has 4 rings (SSSR count). The van der Waals surface area contributed by atoms with Gasteiger partial charge in [-0.3, -0.25) is 4.79 Å². The molecule has 8 heteroatoms. The standard InChI is InChI=1S/C18H23FN6O/c1-13-12-23(9-10-24(13)15-7-6-14(19)11-20-15)18(26)17-22-21-16-5-3-2-4-8-25(16)17/h6-7,11,13H,2-5,8-10,12H2,1H3. The first-order valence-electron chi connectivity index (χ1n) is 9.23. The molecule has 2 aliphatic rings. The number of fused-ring (bicyclic) bond motifs is 1. The van der Waals surface area contributed by atoms with E-state index >= 15 is 0 Å². The highest BCUT2D eigenvalue weighted by Crippen LogP contribution is 2.21. The molecule has 2 aliphatic heterocycles. The minimum absolute atomic E-state index is 0.0517. The van der Waals surface area contributed by atoms with Gasteiger partial charge >= 0.3 is 0 Å². The molecular weight excluding hydrogens is 335 g/mol. The average molecular weight is 358 g/mol. The van der Waals surface area contributed by atoms with Crippen LogP contribution in [-0.4, -0.2) is 56.2 Å². The number of aromatic nitrogens is 4. The summed E-state index contributed by atoms with van der Waals surface area (Å²) in [5.41, 5.74) is 0. The molecule has 1 atom stereocenters. The Bertz CT molecular complexity index is 789. The number of carbonyl (C=O) groups is 1. The number of pyridine rings is 1. The molecule has 26 heavy (non-hydrogen) atoms. The molecule has 138 valence electrons. The van der Waals surface area contributed by atoms with E-state index < -0.39 is 0 Å². The number of nitrogens with zero attached hydrogens (tertiary/aromatic N) is 6. The van der Waals surface area contributed by atoms with Gasteiger partial charge in [-0.1, -0.05) is 6.42 Å². The molecule has 0 N–H and O–H groups in total. The maximum Gasteiger partial charge on any atom is 0.291 e. The van der Waals surface area contributed by atoms with Crippen molar-refractivity contribution < 1.29 is 9.18 Å². The van der Waals surface area contributed by atoms with Crippen molar-refractivity contribution in [3.05, 3.63) is 35.8 Å². The highest BCUT2D eigenvalue weighted by Gasteiger charge is 2.31. The molecule has 7 nitrogen and oxygen atoms in total. The van der Waals surface area contributed by atoms with Gasteiger partial charge in [0.2, 0.25) is 5.82 Å². The van der Waals surface area contributed by atoms with Crippen molar-refractivity contribution in [2.45, 2.75) is 45.2 Å². The van der Waals surface area contributed by atoms with Gasteiger partial charge in [0.15, 0.2) is 0 Å². The largest absolute Gasteiger partial charge is 0.350 e. The summed E-state index contributed by atoms with van der Waals surface area (Å²) in [5, 5.41) is 8.41. The summed E-state index contributed by atoms with van der Waals surface area (Å²) in [5.74, 6) is 1.73. The highest BCUT2D eigenvalue weighted by atomic mass is 19.1. The van der Waals surface area contributed by atoms with Gasteiger partial charge in [-0.15, -0.1) is 10.2 Å². The Balaban J connectivity index is 1.48. The predicted octanol–water partition coefficient (Wildman–Crippen LogP) is 1.89. The molecule has 1 saturated heterocycles. The van der Waals surface area contributed by atoms with E-state index in [1.54, 1.807) is 6.07 Å². The van der Waals surface area contributed by atoms with Crippen LogP contribution in [0.15, 0.2) is 18.3 Å². The number of amides is 1. The van der Waals surface area contributed by atoms with Crippen LogP contribution >= 0.6 is 0 Å². The van der Waals surface area contributed by atoms with Gasteiger partial charge in [-0.25, -0.2) is 9.37 Å². The monoisotopic (exact) mass is 358 g/mol. The van der Waals surface area contributed by atoms with Gasteiger partial charge in [0, 0.05) is 38.6 Å². The van der Waals surface area contributed by atoms with Gasteiger partial charge < -0.3 is 14.4 Å². The minimum atomic E-state index is -0.345. The lowest BCUT2D eigenvalue weighted by molar-refractivity contribution is 0.0707. The van der Waals surface area contributed by atoms with Crippen LogP contribution in [-0.2, 0) is 13.0 Å². The smallest absolute Gasteiger partial charge is 0.291 e. The molecule has 2 aromatic rings. The summed E-state index contributed by atoms with van der Waals surface area (Å²) in [7, 11) is 0. The third-order valence-electron chi connectivity index (χ3n) is 5.22. The second-order valence-corrected chi connectivity index (χ2v) is 7.03. The lowest BCUT2D eigenvalue weighted by atomic mass is 10.2. The van der Waals surface area contributed by atoms with E-state index in [0.717, 1.165) is 43.9 Å². The van der Waals surface area contributed by atoms with Crippen LogP contribution in [0.4, 0.5) is 10.2 Å². The van der Waals surface area contributed by atoms with Crippen molar-refractivity contribution in [2.75, 3.05) is 24.5 Å². The molecule has 0 bridgehead atoms. The fourth-order valence-corrected chi connectivity index (χ4v) is 3.80. The maximum absolute atomic E-state index is 13.1. The van der Waals surface area contributed by atoms with Crippen LogP contribution in [0.1, 0.15) is 42.6 Å². The van der Waals surface area contributed by atoms with Gasteiger partial charge in [0.05, 0.1) is 6.20 Å². The number of carbonyl (C=O) groups excluding carboxylic acids is 1. The molecular formula is C18H23FN6O. The molecule has 2 aromatic heterocycles. The van der Waals surface area contributed by atoms with E-state index in [0.29, 0.717) is 25.5 Å². The SMILES string of the molecule is CC1CN(C(=O)c2nnc3n2CCCCC3)CCN1c1ccc(F)cn1. The summed E-state index contributed by atoms with van der Waals surface area (Å²) in [6.07, 6.45) is 5.45. The molecule has 0 aromatic carbocycles. The highest BCUT2D eigenvalue weighted by molar-refractivity contribution is 5.91. The molecule has 0 radical (unpaired) electrons. The van der Waals surface area contributed by atoms with E-state index in [-0.39, 0.29) is 17.8 Å². The van der Waals surface area contributed by atoms with E-state index in [2.05, 4.69) is 27.0 Å². The Morgan fingerprint density at radius 1 is 1.15 bits per heavy atom. The maximum atomic E-state index is 13.1. The van der Waals surface area contributed by atoms with Crippen molar-refractivity contribution in [3.63, 3.8) is 0 Å². The summed E-state index contributed by atoms with van der Waals surface area (Å²) in [6, 6.07) is 3.19. The number of anilines is 1. The Hall–Kier alpha value is -2.51. The molecule has 1 unspecified atom stereocenters. The van der Waals surface area contributed by atoms with Crippen LogP contribution in [0.2, 0.25) is 0 Å². The van der Waals surface area contributed by atoms with E-state index in [4.69, 9.17) is 0 Å². The van der Waals surface area contributed by atoms with Gasteiger partial charge in [-0.2, -0.15) is 0 Å². The summed E-state index contributed by atoms with van der Waals surface area (Å²) < 4.78 is 15.1. The topological polar surface area (TPSA) is 67.2 Å². The first-order chi connectivity index (χ1) is 12.6. The molecule has 4 heterocycles. The van der Waals surface area contributed by atoms with Crippen LogP contribution in [0, 0.1) is 5.82 Å². The number of aryl methyl sites for hydroxylation is 1. The van der Waals surface area contributed by atoms with Crippen molar-refractivity contribution in [3.8, 4) is 0 Å². The second kappa shape index (κ2) is 7.01. The van der Waals surface area contributed by atoms with E-state index in [1.807, 2.05) is 9.47 Å². The Morgan fingerprint density at radius 3 is 2.81 bits per heavy atom. The predicted molar refractivity (Wildman–Crippen MR) is 94.5 cm³/mol. The summed E-state index contributed by atoms with van der Waals surface area (Å²) in [4.78, 5) is 21.1. The summed E-state index contributed by atoms with van der Waals surface area (Å²) in [6.45, 7) is 4.70. The molecule has 0 spiro atoms. The molecule has 0 aliphatic carbocycles. The third kappa shape index (κ3) is 3.15. The quantitative estimate of drug-likeness (QED) is 0.820. The zero-order chi connectivity index (χ0) is 18.1. The Kier molecular flexibility index (Phi) is 4.57. The van der Waals surface area contributed by atoms with E-state index in [9.17, 15) is 9.18 Å². The van der Waals surface area contributed by atoms with Crippen LogP contribution in [0.5, 0.6) is 0 Å². The lowest BCUT2D eigenvalue weighted by Crippen LogP contribution is -2.54. The number of hydrogen-bond acceptors (Lipinski definition) is 5. The zero-order valence-electron chi connectivity index (χ0n) is 14.9. The normalized spacial score (nSPS) is 20.6. The first kappa shape index (κ1) is 16.9. The van der Waals surface area contributed by atoms with Crippen molar-refractivity contribution >= 4 is 11.7 Å². The second-order valence-electron chi connectivity index (χ2n) is 7.03. The minimum Gasteiger partial charge on any atom is -0.350 e. The van der Waals surface area contributed by atoms with Crippen LogP contribution in [0.25, 0.3) is 0 Å². The van der Waals surface area contributed by atoms with Crippen molar-refractivity contribution in [1.29, 1.82) is 0 Å². The van der Waals surface area contributed by atoms with Gasteiger partial charge in [0.1, 0.15) is 17.5 Å². The molecule has 0 saturated carbocycles. The van der Waals surface area contributed by atoms with Gasteiger partial charge in [0.25, 0.3) is 5.91 Å². The van der Waals surface area contributed by atoms with Crippen molar-refractivity contribution in [1.82, 2.24) is 24.6 Å². The summed E-state index contributed by atoms with van der Waals surface area (Å²) >= 11 is 0. The number of piperazine rings is 1. The fourth-order valence-electron chi connectivity index (χ4n) is 3.80. The number of rotatable bonds is 2. The van der Waals surface area contributed by atoms with E-state index in [1.165, 1.54) is 12.3 Å². The molecule has 1 amide bonds. The Morgan fingerprint density at radius 2 is 2.04 bits per heavy atom. The first-order valence-corrected chi connectivity index (χ1v) is 9.23. The number of halogens is 1. The van der Waals surface area contributed by atoms with Crippen LogP contribution < -0.4 is 4.90 Å². The zero-order valence-corrected chi connectivity index (χ0v) is 14.9. The Labute approximate surface area is 151 Å². The lowest BCUT2D eigenvalue weighted by Gasteiger charge is -2.40. The number of hydrogen-bond donors (Lipinski definition) is 0. The van der Waals surface area contributed by atoms with Crippen molar-refractivity contribution in [2.24, 2.45) is 0 Å². The fraction of sp³-hybridized carbons (Fsp3) is 0.556. The molecule has 1 fully saturated rings. The van der Waals surface area contributed by atoms with Gasteiger partial charge in [-0.05, 0) is 31.9 Å².